The zero-order chi connectivity index (χ0) is 11.6. The van der Waals surface area contributed by atoms with Gasteiger partial charge in [0.1, 0.15) is 0 Å². The van der Waals surface area contributed by atoms with Gasteiger partial charge in [0.15, 0.2) is 17.3 Å². The number of rotatable bonds is 3. The Bertz CT molecular complexity index is 393. The third kappa shape index (κ3) is 2.95. The van der Waals surface area contributed by atoms with Gasteiger partial charge in [-0.1, -0.05) is 15.9 Å². The molecule has 0 heterocycles. The Hall–Kier alpha value is -1.04. The lowest BCUT2D eigenvalue weighted by atomic mass is 10.1. The fourth-order valence-corrected chi connectivity index (χ4v) is 1.46. The molecule has 0 aliphatic rings. The highest BCUT2D eigenvalue weighted by molar-refractivity contribution is 9.10. The highest BCUT2D eigenvalue weighted by Gasteiger charge is 2.18. The molecule has 0 amide bonds. The molecule has 0 saturated heterocycles. The van der Waals surface area contributed by atoms with Crippen LogP contribution >= 0.6 is 15.9 Å². The van der Waals surface area contributed by atoms with Gasteiger partial charge in [-0.15, -0.1) is 0 Å². The summed E-state index contributed by atoms with van der Waals surface area (Å²) in [6.45, 7) is -2.03. The maximum Gasteiger partial charge on any atom is 0.387 e. The van der Waals surface area contributed by atoms with E-state index in [0.29, 0.717) is 0 Å². The van der Waals surface area contributed by atoms with Crippen molar-refractivity contribution in [2.75, 3.05) is 0 Å². The van der Waals surface area contributed by atoms with E-state index >= 15 is 0 Å². The van der Waals surface area contributed by atoms with Crippen molar-refractivity contribution in [3.63, 3.8) is 0 Å². The van der Waals surface area contributed by atoms with Gasteiger partial charge in [0.2, 0.25) is 0 Å². The van der Waals surface area contributed by atoms with Crippen LogP contribution in [0.5, 0.6) is 5.75 Å². The van der Waals surface area contributed by atoms with Crippen molar-refractivity contribution in [1.29, 1.82) is 0 Å². The summed E-state index contributed by atoms with van der Waals surface area (Å²) in [5.74, 6) is -2.28. The first-order valence-corrected chi connectivity index (χ1v) is 4.66. The zero-order valence-corrected chi connectivity index (χ0v) is 9.15. The predicted octanol–water partition coefficient (Wildman–Crippen LogP) is 3.39. The minimum absolute atomic E-state index is 0.220. The number of ether oxygens (including phenoxy) is 1. The van der Waals surface area contributed by atoms with Crippen molar-refractivity contribution in [2.45, 2.75) is 13.5 Å². The van der Waals surface area contributed by atoms with Crippen molar-refractivity contribution in [3.8, 4) is 5.75 Å². The lowest BCUT2D eigenvalue weighted by Crippen LogP contribution is -2.08. The number of hydrogen-bond donors (Lipinski definition) is 0. The minimum Gasteiger partial charge on any atom is -0.431 e. The van der Waals surface area contributed by atoms with Crippen LogP contribution in [-0.2, 0) is 0 Å². The van der Waals surface area contributed by atoms with E-state index < -0.39 is 24.0 Å². The molecule has 0 aromatic heterocycles. The lowest BCUT2D eigenvalue weighted by molar-refractivity contribution is -0.0525. The van der Waals surface area contributed by atoms with E-state index in [-0.39, 0.29) is 10.0 Å². The summed E-state index contributed by atoms with van der Waals surface area (Å²) >= 11 is 2.95. The fraction of sp³-hybridized carbons (Fsp3) is 0.222. The Morgan fingerprint density at radius 1 is 1.47 bits per heavy atom. The molecule has 0 spiro atoms. The third-order valence-corrected chi connectivity index (χ3v) is 2.05. The van der Waals surface area contributed by atoms with Crippen LogP contribution in [0.25, 0.3) is 0 Å². The second-order valence-electron chi connectivity index (χ2n) is 2.70. The summed E-state index contributed by atoms with van der Waals surface area (Å²) in [6.07, 6.45) is 0. The van der Waals surface area contributed by atoms with Crippen LogP contribution in [0.1, 0.15) is 17.3 Å². The van der Waals surface area contributed by atoms with Crippen LogP contribution in [0.4, 0.5) is 13.2 Å². The Kier molecular flexibility index (Phi) is 3.73. The van der Waals surface area contributed by atoms with Crippen LogP contribution in [0.3, 0.4) is 0 Å². The van der Waals surface area contributed by atoms with Crippen LogP contribution < -0.4 is 4.74 Å². The number of ketones is 1. The molecule has 1 aromatic carbocycles. The van der Waals surface area contributed by atoms with Gasteiger partial charge >= 0.3 is 6.61 Å². The molecule has 1 aromatic rings. The molecule has 2 nitrogen and oxygen atoms in total. The second kappa shape index (κ2) is 4.65. The van der Waals surface area contributed by atoms with Gasteiger partial charge in [0.05, 0.1) is 5.56 Å². The first kappa shape index (κ1) is 12.0. The van der Waals surface area contributed by atoms with Crippen LogP contribution in [0.15, 0.2) is 16.6 Å². The van der Waals surface area contributed by atoms with E-state index in [1.54, 1.807) is 0 Å². The molecule has 0 aliphatic carbocycles. The normalized spacial score (nSPS) is 10.5. The third-order valence-electron chi connectivity index (χ3n) is 1.59. The fourth-order valence-electron chi connectivity index (χ4n) is 1.03. The molecule has 15 heavy (non-hydrogen) atoms. The number of carbonyl (C=O) groups is 1. The van der Waals surface area contributed by atoms with E-state index in [9.17, 15) is 18.0 Å². The standard InChI is InChI=1S/C9H6BrF3O2/c1-4(14)6-2-5(10)3-7(11)8(6)15-9(12)13/h2-3,9H,1H3. The van der Waals surface area contributed by atoms with Gasteiger partial charge in [0, 0.05) is 4.47 Å². The molecule has 0 aliphatic heterocycles. The molecule has 1 rings (SSSR count). The number of halogens is 4. The molecule has 0 radical (unpaired) electrons. The summed E-state index contributed by atoms with van der Waals surface area (Å²) < 4.78 is 41.3. The summed E-state index contributed by atoms with van der Waals surface area (Å²) in [6, 6.07) is 2.17. The molecule has 0 fully saturated rings. The first-order chi connectivity index (χ1) is 6.91. The Labute approximate surface area is 92.2 Å². The summed E-state index contributed by atoms with van der Waals surface area (Å²) in [5.41, 5.74) is -0.220. The average molecular weight is 283 g/mol. The van der Waals surface area contributed by atoms with Crippen molar-refractivity contribution in [2.24, 2.45) is 0 Å². The van der Waals surface area contributed by atoms with Crippen molar-refractivity contribution in [1.82, 2.24) is 0 Å². The molecule has 82 valence electrons. The summed E-state index contributed by atoms with van der Waals surface area (Å²) in [4.78, 5) is 11.0. The maximum atomic E-state index is 13.2. The largest absolute Gasteiger partial charge is 0.431 e. The molecule has 0 N–H and O–H groups in total. The van der Waals surface area contributed by atoms with E-state index in [1.165, 1.54) is 6.07 Å². The lowest BCUT2D eigenvalue weighted by Gasteiger charge is -2.10. The molecule has 6 heteroatoms. The molecule has 0 unspecified atom stereocenters. The quantitative estimate of drug-likeness (QED) is 0.795. The van der Waals surface area contributed by atoms with Crippen molar-refractivity contribution >= 4 is 21.7 Å². The molecule has 0 bridgehead atoms. The van der Waals surface area contributed by atoms with Crippen molar-refractivity contribution in [3.05, 3.63) is 28.0 Å². The van der Waals surface area contributed by atoms with Crippen LogP contribution in [-0.4, -0.2) is 12.4 Å². The molecular weight excluding hydrogens is 277 g/mol. The van der Waals surface area contributed by atoms with Gasteiger partial charge in [-0.25, -0.2) is 4.39 Å². The van der Waals surface area contributed by atoms with Gasteiger partial charge in [-0.05, 0) is 19.1 Å². The number of benzene rings is 1. The maximum absolute atomic E-state index is 13.2. The summed E-state index contributed by atoms with van der Waals surface area (Å²) in [7, 11) is 0. The number of alkyl halides is 2. The Morgan fingerprint density at radius 2 is 2.07 bits per heavy atom. The summed E-state index contributed by atoms with van der Waals surface area (Å²) in [5, 5.41) is 0. The van der Waals surface area contributed by atoms with Crippen molar-refractivity contribution < 1.29 is 22.7 Å². The van der Waals surface area contributed by atoms with Gasteiger partial charge in [-0.3, -0.25) is 4.79 Å². The molecular formula is C9H6BrF3O2. The predicted molar refractivity (Wildman–Crippen MR) is 50.7 cm³/mol. The van der Waals surface area contributed by atoms with Gasteiger partial charge in [0.25, 0.3) is 0 Å². The number of hydrogen-bond acceptors (Lipinski definition) is 2. The molecule has 0 atom stereocenters. The first-order valence-electron chi connectivity index (χ1n) is 3.86. The number of carbonyl (C=O) groups excluding carboxylic acids is 1. The Balaban J connectivity index is 3.27. The second-order valence-corrected chi connectivity index (χ2v) is 3.61. The average Bonchev–Trinajstić information content (AvgIpc) is 2.08. The monoisotopic (exact) mass is 282 g/mol. The van der Waals surface area contributed by atoms with E-state index in [1.807, 2.05) is 0 Å². The van der Waals surface area contributed by atoms with E-state index in [2.05, 4.69) is 20.7 Å². The topological polar surface area (TPSA) is 26.3 Å². The SMILES string of the molecule is CC(=O)c1cc(Br)cc(F)c1OC(F)F. The van der Waals surface area contributed by atoms with E-state index in [4.69, 9.17) is 0 Å². The smallest absolute Gasteiger partial charge is 0.387 e. The molecule has 0 saturated carbocycles. The van der Waals surface area contributed by atoms with Gasteiger partial charge in [-0.2, -0.15) is 8.78 Å². The number of Topliss-reactive ketones (excluding diaryl/α,β-unsaturated/α-hetero) is 1. The van der Waals surface area contributed by atoms with E-state index in [0.717, 1.165) is 13.0 Å². The highest BCUT2D eigenvalue weighted by atomic mass is 79.9. The van der Waals surface area contributed by atoms with Crippen LogP contribution in [0.2, 0.25) is 0 Å². The zero-order valence-electron chi connectivity index (χ0n) is 7.56. The highest BCUT2D eigenvalue weighted by Crippen LogP contribution is 2.28. The van der Waals surface area contributed by atoms with Crippen LogP contribution in [0, 0.1) is 5.82 Å². The minimum atomic E-state index is -3.17. The van der Waals surface area contributed by atoms with Gasteiger partial charge < -0.3 is 4.74 Å². The Morgan fingerprint density at radius 3 is 2.53 bits per heavy atom.